The molecule has 0 aromatic heterocycles. The van der Waals surface area contributed by atoms with Crippen molar-refractivity contribution in [1.82, 2.24) is 4.90 Å². The smallest absolute Gasteiger partial charge is 0.165 e. The molecule has 1 aliphatic heterocycles. The Hall–Kier alpha value is -0.230. The molecule has 2 nitrogen and oxygen atoms in total. The zero-order valence-corrected chi connectivity index (χ0v) is 19.3. The van der Waals surface area contributed by atoms with Crippen LogP contribution in [0.1, 0.15) is 77.7 Å². The molecule has 1 heterocycles. The van der Waals surface area contributed by atoms with E-state index in [1.54, 1.807) is 0 Å². The van der Waals surface area contributed by atoms with Crippen LogP contribution < -0.4 is 0 Å². The van der Waals surface area contributed by atoms with E-state index in [2.05, 4.69) is 78.2 Å². The molecular formula is C22H31IN2S. The van der Waals surface area contributed by atoms with Crippen molar-refractivity contribution in [3.05, 3.63) is 27.3 Å². The molecule has 1 spiro atoms. The molecule has 26 heavy (non-hydrogen) atoms. The standard InChI is InChI=1S/C22H31IN2S/c1-21(2,3)18-14-16(23)10-11-19(18)24-20-25(17-8-4-5-9-17)15-22(26-20)12-6-7-13-22/h10-11,14,17H,4-9,12-13,15H2,1-3H3/b24-20-. The largest absolute Gasteiger partial charge is 0.347 e. The molecule has 3 fully saturated rings. The number of rotatable bonds is 2. The van der Waals surface area contributed by atoms with Gasteiger partial charge in [0.05, 0.1) is 5.69 Å². The van der Waals surface area contributed by atoms with Crippen LogP contribution in [-0.4, -0.2) is 27.4 Å². The van der Waals surface area contributed by atoms with E-state index in [9.17, 15) is 0 Å². The topological polar surface area (TPSA) is 15.6 Å². The van der Waals surface area contributed by atoms with E-state index in [0.29, 0.717) is 4.75 Å². The van der Waals surface area contributed by atoms with Gasteiger partial charge < -0.3 is 4.90 Å². The quantitative estimate of drug-likeness (QED) is 0.427. The van der Waals surface area contributed by atoms with E-state index in [-0.39, 0.29) is 5.41 Å². The van der Waals surface area contributed by atoms with Crippen molar-refractivity contribution in [2.45, 2.75) is 88.3 Å². The lowest BCUT2D eigenvalue weighted by molar-refractivity contribution is 0.301. The molecule has 0 bridgehead atoms. The molecule has 0 amide bonds. The number of hydrogen-bond donors (Lipinski definition) is 0. The Morgan fingerprint density at radius 1 is 1.12 bits per heavy atom. The van der Waals surface area contributed by atoms with Crippen LogP contribution in [0.2, 0.25) is 0 Å². The predicted molar refractivity (Wildman–Crippen MR) is 123 cm³/mol. The highest BCUT2D eigenvalue weighted by atomic mass is 127. The van der Waals surface area contributed by atoms with Gasteiger partial charge in [-0.05, 0) is 77.5 Å². The van der Waals surface area contributed by atoms with Crippen LogP contribution >= 0.6 is 34.4 Å². The third-order valence-electron chi connectivity index (χ3n) is 6.27. The summed E-state index contributed by atoms with van der Waals surface area (Å²) in [5, 5.41) is 1.31. The van der Waals surface area contributed by atoms with E-state index in [1.165, 1.54) is 77.9 Å². The Morgan fingerprint density at radius 2 is 1.81 bits per heavy atom. The first-order valence-corrected chi connectivity index (χ1v) is 12.1. The lowest BCUT2D eigenvalue weighted by atomic mass is 9.86. The fourth-order valence-corrected chi connectivity index (χ4v) is 6.89. The summed E-state index contributed by atoms with van der Waals surface area (Å²) in [4.78, 5) is 8.01. The van der Waals surface area contributed by atoms with Crippen molar-refractivity contribution in [3.8, 4) is 0 Å². The molecule has 0 N–H and O–H groups in total. The van der Waals surface area contributed by atoms with Crippen LogP contribution in [-0.2, 0) is 5.41 Å². The van der Waals surface area contributed by atoms with Crippen molar-refractivity contribution in [2.75, 3.05) is 6.54 Å². The maximum absolute atomic E-state index is 5.31. The Kier molecular flexibility index (Phi) is 5.37. The van der Waals surface area contributed by atoms with Crippen LogP contribution in [0, 0.1) is 3.57 Å². The summed E-state index contributed by atoms with van der Waals surface area (Å²) in [6.45, 7) is 8.14. The number of halogens is 1. The van der Waals surface area contributed by atoms with E-state index in [0.717, 1.165) is 6.04 Å². The molecule has 2 saturated carbocycles. The maximum atomic E-state index is 5.31. The summed E-state index contributed by atoms with van der Waals surface area (Å²) in [6, 6.07) is 7.50. The highest BCUT2D eigenvalue weighted by Gasteiger charge is 2.46. The normalized spacial score (nSPS) is 25.1. The summed E-state index contributed by atoms with van der Waals surface area (Å²) in [5.41, 5.74) is 2.67. The first kappa shape index (κ1) is 19.1. The van der Waals surface area contributed by atoms with Gasteiger partial charge in [0.1, 0.15) is 0 Å². The van der Waals surface area contributed by atoms with Crippen LogP contribution in [0.25, 0.3) is 0 Å². The molecule has 0 radical (unpaired) electrons. The number of hydrogen-bond acceptors (Lipinski definition) is 2. The molecule has 4 heteroatoms. The third kappa shape index (κ3) is 3.82. The predicted octanol–water partition coefficient (Wildman–Crippen LogP) is 6.88. The highest BCUT2D eigenvalue weighted by molar-refractivity contribution is 14.1. The van der Waals surface area contributed by atoms with E-state index >= 15 is 0 Å². The van der Waals surface area contributed by atoms with Gasteiger partial charge in [-0.3, -0.25) is 0 Å². The number of aliphatic imine (C=N–C) groups is 1. The monoisotopic (exact) mass is 482 g/mol. The molecule has 0 atom stereocenters. The summed E-state index contributed by atoms with van der Waals surface area (Å²) in [5.74, 6) is 0. The minimum atomic E-state index is 0.118. The third-order valence-corrected chi connectivity index (χ3v) is 8.42. The van der Waals surface area contributed by atoms with Crippen molar-refractivity contribution in [1.29, 1.82) is 0 Å². The van der Waals surface area contributed by atoms with Gasteiger partial charge in [-0.25, -0.2) is 4.99 Å². The fraction of sp³-hybridized carbons (Fsp3) is 0.682. The zero-order chi connectivity index (χ0) is 18.4. The molecule has 3 aliphatic rings. The minimum absolute atomic E-state index is 0.118. The number of nitrogens with zero attached hydrogens (tertiary/aromatic N) is 2. The van der Waals surface area contributed by atoms with Crippen LogP contribution in [0.5, 0.6) is 0 Å². The molecule has 142 valence electrons. The van der Waals surface area contributed by atoms with Crippen LogP contribution in [0.3, 0.4) is 0 Å². The van der Waals surface area contributed by atoms with Gasteiger partial charge in [0.25, 0.3) is 0 Å². The molecular weight excluding hydrogens is 451 g/mol. The van der Waals surface area contributed by atoms with Gasteiger partial charge >= 0.3 is 0 Å². The average Bonchev–Trinajstić information content (AvgIpc) is 3.31. The zero-order valence-electron chi connectivity index (χ0n) is 16.4. The van der Waals surface area contributed by atoms with E-state index in [1.807, 2.05) is 0 Å². The van der Waals surface area contributed by atoms with Gasteiger partial charge in [0.15, 0.2) is 5.17 Å². The van der Waals surface area contributed by atoms with Gasteiger partial charge in [-0.2, -0.15) is 0 Å². The van der Waals surface area contributed by atoms with Gasteiger partial charge in [-0.15, -0.1) is 0 Å². The van der Waals surface area contributed by atoms with Crippen LogP contribution in [0.4, 0.5) is 5.69 Å². The van der Waals surface area contributed by atoms with Crippen molar-refractivity contribution in [3.63, 3.8) is 0 Å². The van der Waals surface area contributed by atoms with Crippen molar-refractivity contribution < 1.29 is 0 Å². The molecule has 1 aromatic rings. The van der Waals surface area contributed by atoms with Crippen molar-refractivity contribution >= 4 is 45.2 Å². The second-order valence-corrected chi connectivity index (χ2v) is 12.0. The molecule has 1 aromatic carbocycles. The molecule has 4 rings (SSSR count). The highest BCUT2D eigenvalue weighted by Crippen LogP contribution is 2.50. The van der Waals surface area contributed by atoms with Gasteiger partial charge in [0, 0.05) is 20.9 Å². The lowest BCUT2D eigenvalue weighted by Gasteiger charge is -2.28. The average molecular weight is 482 g/mol. The Labute approximate surface area is 176 Å². The fourth-order valence-electron chi connectivity index (χ4n) is 4.84. The Bertz CT molecular complexity index is 695. The van der Waals surface area contributed by atoms with Crippen LogP contribution in [0.15, 0.2) is 23.2 Å². The van der Waals surface area contributed by atoms with Gasteiger partial charge in [-0.1, -0.05) is 58.2 Å². The maximum Gasteiger partial charge on any atom is 0.165 e. The summed E-state index contributed by atoms with van der Waals surface area (Å²) >= 11 is 4.53. The number of thioether (sulfide) groups is 1. The van der Waals surface area contributed by atoms with Crippen molar-refractivity contribution in [2.24, 2.45) is 4.99 Å². The number of amidine groups is 1. The summed E-state index contributed by atoms with van der Waals surface area (Å²) < 4.78 is 1.75. The van der Waals surface area contributed by atoms with E-state index < -0.39 is 0 Å². The summed E-state index contributed by atoms with van der Waals surface area (Å²) in [7, 11) is 0. The number of benzene rings is 1. The molecule has 2 aliphatic carbocycles. The summed E-state index contributed by atoms with van der Waals surface area (Å²) in [6.07, 6.45) is 11.0. The van der Waals surface area contributed by atoms with Gasteiger partial charge in [0.2, 0.25) is 0 Å². The first-order valence-electron chi connectivity index (χ1n) is 10.2. The van der Waals surface area contributed by atoms with E-state index in [4.69, 9.17) is 4.99 Å². The molecule has 1 saturated heterocycles. The lowest BCUT2D eigenvalue weighted by Crippen LogP contribution is -2.37. The SMILES string of the molecule is CC(C)(C)c1cc(I)ccc1/N=C1\SC2(CCCC2)CN1C1CCCC1. The molecule has 0 unspecified atom stereocenters. The Morgan fingerprint density at radius 3 is 2.46 bits per heavy atom. The second-order valence-electron chi connectivity index (χ2n) is 9.36. The second kappa shape index (κ2) is 7.31. The Balaban J connectivity index is 1.72. The minimum Gasteiger partial charge on any atom is -0.347 e. The first-order chi connectivity index (χ1) is 12.4.